The van der Waals surface area contributed by atoms with Crippen LogP contribution in [-0.2, 0) is 0 Å². The molecule has 2 rings (SSSR count). The number of nitrogens with one attached hydrogen (secondary N) is 1. The molecule has 0 fully saturated rings. The van der Waals surface area contributed by atoms with E-state index in [1.54, 1.807) is 18.3 Å². The lowest BCUT2D eigenvalue weighted by Gasteiger charge is -1.98. The summed E-state index contributed by atoms with van der Waals surface area (Å²) in [6.45, 7) is 0. The Morgan fingerprint density at radius 2 is 2.14 bits per heavy atom. The number of pyridine rings is 1. The van der Waals surface area contributed by atoms with Crippen LogP contribution in [0.15, 0.2) is 35.3 Å². The second kappa shape index (κ2) is 3.29. The summed E-state index contributed by atoms with van der Waals surface area (Å²) in [5, 5.41) is 6.13. The first-order valence-electron chi connectivity index (χ1n) is 4.04. The molecular weight excluding hydrogens is 180 g/mol. The SMILES string of the molecule is Nc1cc(-c2ccccn2)n[nH]c1=O. The maximum atomic E-state index is 10.9. The second-order valence-corrected chi connectivity index (χ2v) is 2.75. The number of hydrogen-bond donors (Lipinski definition) is 2. The van der Waals surface area contributed by atoms with Crippen LogP contribution >= 0.6 is 0 Å². The van der Waals surface area contributed by atoms with Crippen molar-refractivity contribution in [3.8, 4) is 11.4 Å². The van der Waals surface area contributed by atoms with Gasteiger partial charge in [0.2, 0.25) is 0 Å². The van der Waals surface area contributed by atoms with Gasteiger partial charge in [0.05, 0.1) is 5.69 Å². The van der Waals surface area contributed by atoms with Crippen molar-refractivity contribution in [1.29, 1.82) is 0 Å². The van der Waals surface area contributed by atoms with E-state index in [1.165, 1.54) is 6.07 Å². The van der Waals surface area contributed by atoms with Gasteiger partial charge in [0, 0.05) is 6.20 Å². The van der Waals surface area contributed by atoms with Crippen LogP contribution in [0.2, 0.25) is 0 Å². The maximum Gasteiger partial charge on any atom is 0.287 e. The van der Waals surface area contributed by atoms with E-state index in [-0.39, 0.29) is 11.2 Å². The van der Waals surface area contributed by atoms with Crippen molar-refractivity contribution in [2.45, 2.75) is 0 Å². The van der Waals surface area contributed by atoms with Crippen LogP contribution in [0.1, 0.15) is 0 Å². The van der Waals surface area contributed by atoms with Crippen molar-refractivity contribution in [3.63, 3.8) is 0 Å². The number of nitrogens with two attached hydrogens (primary N) is 1. The van der Waals surface area contributed by atoms with E-state index in [9.17, 15) is 4.79 Å². The highest BCUT2D eigenvalue weighted by atomic mass is 16.1. The number of nitrogens with zero attached hydrogens (tertiary/aromatic N) is 2. The van der Waals surface area contributed by atoms with Gasteiger partial charge in [-0.1, -0.05) is 6.07 Å². The predicted octanol–water partition coefficient (Wildman–Crippen LogP) is 0.414. The number of aromatic amines is 1. The minimum atomic E-state index is -0.385. The quantitative estimate of drug-likeness (QED) is 0.679. The lowest BCUT2D eigenvalue weighted by molar-refractivity contribution is 0.993. The Kier molecular flexibility index (Phi) is 1.98. The minimum absolute atomic E-state index is 0.139. The molecule has 0 aliphatic heterocycles. The van der Waals surface area contributed by atoms with Crippen LogP contribution in [0, 0.1) is 0 Å². The monoisotopic (exact) mass is 188 g/mol. The first-order chi connectivity index (χ1) is 6.77. The number of hydrogen-bond acceptors (Lipinski definition) is 4. The Balaban J connectivity index is 2.54. The lowest BCUT2D eigenvalue weighted by atomic mass is 10.2. The van der Waals surface area contributed by atoms with E-state index in [0.717, 1.165) is 0 Å². The third-order valence-electron chi connectivity index (χ3n) is 1.76. The number of aromatic nitrogens is 3. The predicted molar refractivity (Wildman–Crippen MR) is 52.5 cm³/mol. The molecular formula is C9H8N4O. The molecule has 0 saturated heterocycles. The van der Waals surface area contributed by atoms with Gasteiger partial charge in [-0.3, -0.25) is 9.78 Å². The molecule has 2 heterocycles. The summed E-state index contributed by atoms with van der Waals surface area (Å²) in [4.78, 5) is 15.0. The summed E-state index contributed by atoms with van der Waals surface area (Å²) in [5.41, 5.74) is 6.44. The molecule has 0 radical (unpaired) electrons. The zero-order chi connectivity index (χ0) is 9.97. The molecule has 0 aliphatic rings. The summed E-state index contributed by atoms with van der Waals surface area (Å²) in [6, 6.07) is 6.94. The molecule has 3 N–H and O–H groups in total. The zero-order valence-electron chi connectivity index (χ0n) is 7.27. The molecule has 5 heteroatoms. The highest BCUT2D eigenvalue weighted by Crippen LogP contribution is 2.12. The number of anilines is 1. The third-order valence-corrected chi connectivity index (χ3v) is 1.76. The van der Waals surface area contributed by atoms with Gasteiger partial charge >= 0.3 is 0 Å². The van der Waals surface area contributed by atoms with Crippen LogP contribution in [0.25, 0.3) is 11.4 Å². The molecule has 0 aromatic carbocycles. The van der Waals surface area contributed by atoms with E-state index in [4.69, 9.17) is 5.73 Å². The zero-order valence-corrected chi connectivity index (χ0v) is 7.27. The Hall–Kier alpha value is -2.17. The molecule has 0 spiro atoms. The van der Waals surface area contributed by atoms with Crippen molar-refractivity contribution in [2.75, 3.05) is 5.73 Å². The van der Waals surface area contributed by atoms with Crippen molar-refractivity contribution in [2.24, 2.45) is 0 Å². The van der Waals surface area contributed by atoms with E-state index in [0.29, 0.717) is 11.4 Å². The summed E-state index contributed by atoms with van der Waals surface area (Å²) in [5.74, 6) is 0. The summed E-state index contributed by atoms with van der Waals surface area (Å²) < 4.78 is 0. The largest absolute Gasteiger partial charge is 0.394 e. The van der Waals surface area contributed by atoms with Crippen LogP contribution in [0.3, 0.4) is 0 Å². The molecule has 2 aromatic heterocycles. The minimum Gasteiger partial charge on any atom is -0.394 e. The van der Waals surface area contributed by atoms with Crippen molar-refractivity contribution in [3.05, 3.63) is 40.8 Å². The summed E-state index contributed by atoms with van der Waals surface area (Å²) in [6.07, 6.45) is 1.65. The van der Waals surface area contributed by atoms with Gasteiger partial charge in [-0.25, -0.2) is 5.10 Å². The van der Waals surface area contributed by atoms with Crippen molar-refractivity contribution >= 4 is 5.69 Å². The topological polar surface area (TPSA) is 84.7 Å². The smallest absolute Gasteiger partial charge is 0.287 e. The van der Waals surface area contributed by atoms with Crippen LogP contribution in [-0.4, -0.2) is 15.2 Å². The Morgan fingerprint density at radius 1 is 1.29 bits per heavy atom. The molecule has 5 nitrogen and oxygen atoms in total. The standard InChI is InChI=1S/C9H8N4O/c10-6-5-8(12-13-9(6)14)7-3-1-2-4-11-7/h1-5H,(H2,10,12)(H,13,14). The summed E-state index contributed by atoms with van der Waals surface area (Å²) in [7, 11) is 0. The fourth-order valence-electron chi connectivity index (χ4n) is 1.07. The van der Waals surface area contributed by atoms with E-state index < -0.39 is 0 Å². The van der Waals surface area contributed by atoms with Crippen LogP contribution < -0.4 is 11.3 Å². The highest BCUT2D eigenvalue weighted by Gasteiger charge is 2.02. The molecule has 0 amide bonds. The van der Waals surface area contributed by atoms with E-state index in [1.807, 2.05) is 6.07 Å². The molecule has 2 aromatic rings. The van der Waals surface area contributed by atoms with E-state index in [2.05, 4.69) is 15.2 Å². The van der Waals surface area contributed by atoms with Gasteiger partial charge in [0.25, 0.3) is 5.56 Å². The number of rotatable bonds is 1. The second-order valence-electron chi connectivity index (χ2n) is 2.75. The highest BCUT2D eigenvalue weighted by molar-refractivity contribution is 5.57. The Morgan fingerprint density at radius 3 is 2.79 bits per heavy atom. The van der Waals surface area contributed by atoms with Gasteiger partial charge < -0.3 is 5.73 Å². The lowest BCUT2D eigenvalue weighted by Crippen LogP contribution is -2.13. The van der Waals surface area contributed by atoms with Crippen LogP contribution in [0.4, 0.5) is 5.69 Å². The maximum absolute atomic E-state index is 10.9. The first-order valence-corrected chi connectivity index (χ1v) is 4.04. The first kappa shape index (κ1) is 8.43. The number of nitrogen functional groups attached to an aromatic ring is 1. The van der Waals surface area contributed by atoms with Crippen molar-refractivity contribution < 1.29 is 0 Å². The molecule has 70 valence electrons. The van der Waals surface area contributed by atoms with Gasteiger partial charge in [-0.05, 0) is 18.2 Å². The number of H-pyrrole nitrogens is 1. The Bertz CT molecular complexity index is 492. The average molecular weight is 188 g/mol. The molecule has 0 bridgehead atoms. The molecule has 0 atom stereocenters. The van der Waals surface area contributed by atoms with Crippen LogP contribution in [0.5, 0.6) is 0 Å². The van der Waals surface area contributed by atoms with E-state index >= 15 is 0 Å². The summed E-state index contributed by atoms with van der Waals surface area (Å²) >= 11 is 0. The average Bonchev–Trinajstić information content (AvgIpc) is 2.23. The fourth-order valence-corrected chi connectivity index (χ4v) is 1.07. The van der Waals surface area contributed by atoms with Gasteiger partial charge in [0.15, 0.2) is 0 Å². The van der Waals surface area contributed by atoms with Gasteiger partial charge in [-0.15, -0.1) is 0 Å². The molecule has 0 unspecified atom stereocenters. The van der Waals surface area contributed by atoms with Gasteiger partial charge in [-0.2, -0.15) is 5.10 Å². The molecule has 14 heavy (non-hydrogen) atoms. The Labute approximate surface area is 79.6 Å². The molecule has 0 aliphatic carbocycles. The molecule has 0 saturated carbocycles. The fraction of sp³-hybridized carbons (Fsp3) is 0. The normalized spacial score (nSPS) is 10.0. The third kappa shape index (κ3) is 1.47. The van der Waals surface area contributed by atoms with Gasteiger partial charge in [0.1, 0.15) is 11.4 Å². The van der Waals surface area contributed by atoms with Crippen molar-refractivity contribution in [1.82, 2.24) is 15.2 Å².